The number of aryl methyl sites for hydroxylation is 2. The SMILES string of the molecule is Cc1cc(C(=CF)C(F)(F)F)ccc1-c1ccc(C(=CF)C(F)(F)F)cc1C. The lowest BCUT2D eigenvalue weighted by atomic mass is 9.91. The molecular weight excluding hydrogens is 392 g/mol. The van der Waals surface area contributed by atoms with Gasteiger partial charge in [-0.2, -0.15) is 26.3 Å². The standard InChI is InChI=1S/C20H14F8/c1-11-7-13(17(9-21)19(23,24)25)3-5-15(11)16-6-4-14(8-12(16)2)18(10-22)20(26,27)28/h3-10H,1-2H3. The maximum absolute atomic E-state index is 12.8. The molecule has 0 fully saturated rings. The number of hydrogen-bond donors (Lipinski definition) is 0. The number of rotatable bonds is 3. The van der Waals surface area contributed by atoms with Crippen LogP contribution in [-0.2, 0) is 0 Å². The Bertz CT molecular complexity index is 853. The topological polar surface area (TPSA) is 0 Å². The fourth-order valence-corrected chi connectivity index (χ4v) is 2.84. The third-order valence-electron chi connectivity index (χ3n) is 4.19. The van der Waals surface area contributed by atoms with Gasteiger partial charge in [-0.3, -0.25) is 0 Å². The van der Waals surface area contributed by atoms with Crippen molar-refractivity contribution in [1.82, 2.24) is 0 Å². The van der Waals surface area contributed by atoms with E-state index >= 15 is 0 Å². The highest BCUT2D eigenvalue weighted by Crippen LogP contribution is 2.38. The Labute approximate surface area is 155 Å². The van der Waals surface area contributed by atoms with Crippen molar-refractivity contribution >= 4 is 11.1 Å². The minimum Gasteiger partial charge on any atom is -0.215 e. The van der Waals surface area contributed by atoms with E-state index in [0.717, 1.165) is 24.3 Å². The van der Waals surface area contributed by atoms with Crippen molar-refractivity contribution in [1.29, 1.82) is 0 Å². The average Bonchev–Trinajstić information content (AvgIpc) is 2.54. The van der Waals surface area contributed by atoms with Gasteiger partial charge in [-0.1, -0.05) is 36.4 Å². The van der Waals surface area contributed by atoms with Crippen LogP contribution in [-0.4, -0.2) is 12.4 Å². The quantitative estimate of drug-likeness (QED) is 0.458. The minimum atomic E-state index is -4.87. The maximum atomic E-state index is 12.8. The Morgan fingerprint density at radius 2 is 0.964 bits per heavy atom. The largest absolute Gasteiger partial charge is 0.419 e. The summed E-state index contributed by atoms with van der Waals surface area (Å²) in [4.78, 5) is 0. The fourth-order valence-electron chi connectivity index (χ4n) is 2.84. The molecular formula is C20H14F8. The molecule has 0 aliphatic heterocycles. The fraction of sp³-hybridized carbons (Fsp3) is 0.200. The van der Waals surface area contributed by atoms with Crippen LogP contribution in [0.25, 0.3) is 22.3 Å². The van der Waals surface area contributed by atoms with Crippen LogP contribution >= 0.6 is 0 Å². The van der Waals surface area contributed by atoms with Gasteiger partial charge in [-0.05, 0) is 47.2 Å². The van der Waals surface area contributed by atoms with Crippen LogP contribution in [0.15, 0.2) is 49.1 Å². The first kappa shape index (κ1) is 21.7. The molecule has 0 radical (unpaired) electrons. The highest BCUT2D eigenvalue weighted by Gasteiger charge is 2.36. The molecule has 0 aromatic heterocycles. The zero-order valence-corrected chi connectivity index (χ0v) is 14.6. The predicted octanol–water partition coefficient (Wildman–Crippen LogP) is 7.72. The Balaban J connectivity index is 2.50. The van der Waals surface area contributed by atoms with Gasteiger partial charge in [-0.15, -0.1) is 0 Å². The highest BCUT2D eigenvalue weighted by molar-refractivity contribution is 5.78. The number of alkyl halides is 6. The van der Waals surface area contributed by atoms with Crippen LogP contribution in [0.5, 0.6) is 0 Å². The summed E-state index contributed by atoms with van der Waals surface area (Å²) in [6, 6.07) is 7.11. The van der Waals surface area contributed by atoms with Gasteiger partial charge < -0.3 is 0 Å². The summed E-state index contributed by atoms with van der Waals surface area (Å²) in [7, 11) is 0. The normalized spacial score (nSPS) is 13.8. The zero-order valence-electron chi connectivity index (χ0n) is 14.6. The Kier molecular flexibility index (Phi) is 6.01. The molecule has 0 unspecified atom stereocenters. The van der Waals surface area contributed by atoms with Crippen LogP contribution in [0.3, 0.4) is 0 Å². The summed E-state index contributed by atoms with van der Waals surface area (Å²) in [5.41, 5.74) is -1.94. The van der Waals surface area contributed by atoms with E-state index in [1.54, 1.807) is 0 Å². The van der Waals surface area contributed by atoms with E-state index in [2.05, 4.69) is 0 Å². The maximum Gasteiger partial charge on any atom is 0.419 e. The predicted molar refractivity (Wildman–Crippen MR) is 91.6 cm³/mol. The molecule has 2 aromatic carbocycles. The molecule has 0 spiro atoms. The molecule has 0 saturated heterocycles. The van der Waals surface area contributed by atoms with Crippen molar-refractivity contribution in [3.05, 3.63) is 71.3 Å². The van der Waals surface area contributed by atoms with Gasteiger partial charge in [0.25, 0.3) is 0 Å². The van der Waals surface area contributed by atoms with Crippen molar-refractivity contribution in [2.24, 2.45) is 0 Å². The number of hydrogen-bond acceptors (Lipinski definition) is 0. The Morgan fingerprint density at radius 3 is 1.18 bits per heavy atom. The Hall–Kier alpha value is -2.64. The zero-order chi connectivity index (χ0) is 21.3. The van der Waals surface area contributed by atoms with E-state index in [-0.39, 0.29) is 11.1 Å². The third kappa shape index (κ3) is 4.43. The summed E-state index contributed by atoms with van der Waals surface area (Å²) < 4.78 is 102. The van der Waals surface area contributed by atoms with Crippen LogP contribution in [0, 0.1) is 13.8 Å². The molecule has 0 nitrogen and oxygen atoms in total. The van der Waals surface area contributed by atoms with Gasteiger partial charge in [0.05, 0.1) is 23.8 Å². The molecule has 2 rings (SSSR count). The second-order valence-corrected chi connectivity index (χ2v) is 6.10. The molecule has 0 N–H and O–H groups in total. The first-order valence-corrected chi connectivity index (χ1v) is 7.87. The smallest absolute Gasteiger partial charge is 0.215 e. The van der Waals surface area contributed by atoms with Crippen molar-refractivity contribution < 1.29 is 35.1 Å². The van der Waals surface area contributed by atoms with Gasteiger partial charge in [0.1, 0.15) is 0 Å². The second kappa shape index (κ2) is 7.77. The van der Waals surface area contributed by atoms with E-state index in [1.165, 1.54) is 26.0 Å². The molecule has 0 heterocycles. The average molecular weight is 406 g/mol. The molecule has 0 amide bonds. The molecule has 0 aliphatic carbocycles. The van der Waals surface area contributed by atoms with Crippen LogP contribution < -0.4 is 0 Å². The van der Waals surface area contributed by atoms with Crippen LogP contribution in [0.4, 0.5) is 35.1 Å². The van der Waals surface area contributed by atoms with Crippen LogP contribution in [0.1, 0.15) is 22.3 Å². The molecule has 8 heteroatoms. The van der Waals surface area contributed by atoms with E-state index in [4.69, 9.17) is 0 Å². The monoisotopic (exact) mass is 406 g/mol. The number of allylic oxidation sites excluding steroid dienone is 2. The van der Waals surface area contributed by atoms with E-state index in [9.17, 15) is 35.1 Å². The van der Waals surface area contributed by atoms with Gasteiger partial charge >= 0.3 is 12.4 Å². The summed E-state index contributed by atoms with van der Waals surface area (Å²) >= 11 is 0. The lowest BCUT2D eigenvalue weighted by Crippen LogP contribution is -2.11. The lowest BCUT2D eigenvalue weighted by Gasteiger charge is -2.16. The number of benzene rings is 2. The lowest BCUT2D eigenvalue weighted by molar-refractivity contribution is -0.0704. The molecule has 2 aromatic rings. The van der Waals surface area contributed by atoms with Crippen molar-refractivity contribution in [2.75, 3.05) is 0 Å². The molecule has 0 aliphatic rings. The first-order valence-electron chi connectivity index (χ1n) is 7.87. The summed E-state index contributed by atoms with van der Waals surface area (Å²) in [6.07, 6.45) is -10.8. The van der Waals surface area contributed by atoms with Gasteiger partial charge in [0.15, 0.2) is 0 Å². The van der Waals surface area contributed by atoms with Crippen molar-refractivity contribution in [3.8, 4) is 11.1 Å². The van der Waals surface area contributed by atoms with E-state index in [0.29, 0.717) is 22.3 Å². The first-order chi connectivity index (χ1) is 12.9. The molecule has 150 valence electrons. The van der Waals surface area contributed by atoms with Crippen molar-refractivity contribution in [2.45, 2.75) is 26.2 Å². The molecule has 0 saturated carbocycles. The molecule has 0 bridgehead atoms. The van der Waals surface area contributed by atoms with E-state index < -0.39 is 36.2 Å². The minimum absolute atomic E-state index is 0.369. The van der Waals surface area contributed by atoms with E-state index in [1.807, 2.05) is 0 Å². The Morgan fingerprint density at radius 1 is 0.643 bits per heavy atom. The van der Waals surface area contributed by atoms with Gasteiger partial charge in [0, 0.05) is 0 Å². The third-order valence-corrected chi connectivity index (χ3v) is 4.19. The van der Waals surface area contributed by atoms with Crippen molar-refractivity contribution in [3.63, 3.8) is 0 Å². The number of halogens is 8. The molecule has 28 heavy (non-hydrogen) atoms. The molecule has 0 atom stereocenters. The summed E-state index contributed by atoms with van der Waals surface area (Å²) in [5, 5.41) is 0. The van der Waals surface area contributed by atoms with Gasteiger partial charge in [0.2, 0.25) is 0 Å². The van der Waals surface area contributed by atoms with Gasteiger partial charge in [-0.25, -0.2) is 8.78 Å². The summed E-state index contributed by atoms with van der Waals surface area (Å²) in [6.45, 7) is 3.00. The summed E-state index contributed by atoms with van der Waals surface area (Å²) in [5.74, 6) is 0. The second-order valence-electron chi connectivity index (χ2n) is 6.10. The van der Waals surface area contributed by atoms with Crippen LogP contribution in [0.2, 0.25) is 0 Å². The highest BCUT2D eigenvalue weighted by atomic mass is 19.4.